The molecule has 0 saturated carbocycles. The lowest BCUT2D eigenvalue weighted by molar-refractivity contribution is -0.384. The van der Waals surface area contributed by atoms with Gasteiger partial charge in [-0.2, -0.15) is 0 Å². The zero-order chi connectivity index (χ0) is 14.3. The monoisotopic (exact) mass is 268 g/mol. The number of nitro groups is 1. The summed E-state index contributed by atoms with van der Waals surface area (Å²) in [4.78, 5) is 21.7. The van der Waals surface area contributed by atoms with Crippen LogP contribution in [-0.2, 0) is 9.53 Å². The van der Waals surface area contributed by atoms with Gasteiger partial charge in [-0.1, -0.05) is 6.07 Å². The van der Waals surface area contributed by atoms with E-state index >= 15 is 0 Å². The number of hydrogen-bond donors (Lipinski definition) is 1. The van der Waals surface area contributed by atoms with Crippen molar-refractivity contribution < 1.29 is 19.2 Å². The molecular formula is C12H16N2O5. The Kier molecular flexibility index (Phi) is 5.74. The number of non-ortho nitro benzene ring substituents is 1. The van der Waals surface area contributed by atoms with E-state index in [2.05, 4.69) is 5.32 Å². The second-order valence-electron chi connectivity index (χ2n) is 3.80. The Morgan fingerprint density at radius 2 is 2.26 bits per heavy atom. The number of carbonyl (C=O) groups excluding carboxylic acids is 1. The molecule has 19 heavy (non-hydrogen) atoms. The standard InChI is InChI=1S/C12H16N2O5/c1-9(12(15)13-6-7-18-2)19-11-5-3-4-10(8-11)14(16)17/h3-5,8-9H,6-7H2,1-2H3,(H,13,15)/t9-/m1/s1. The van der Waals surface area contributed by atoms with Gasteiger partial charge in [-0.25, -0.2) is 0 Å². The summed E-state index contributed by atoms with van der Waals surface area (Å²) in [5, 5.41) is 13.2. The van der Waals surface area contributed by atoms with Crippen LogP contribution in [0.5, 0.6) is 5.75 Å². The number of nitrogens with zero attached hydrogens (tertiary/aromatic N) is 1. The molecule has 0 unspecified atom stereocenters. The third-order valence-corrected chi connectivity index (χ3v) is 2.32. The Morgan fingerprint density at radius 3 is 2.89 bits per heavy atom. The molecule has 0 aromatic heterocycles. The van der Waals surface area contributed by atoms with Gasteiger partial charge < -0.3 is 14.8 Å². The van der Waals surface area contributed by atoms with E-state index in [0.29, 0.717) is 13.2 Å². The molecule has 1 N–H and O–H groups in total. The molecule has 0 heterocycles. The highest BCUT2D eigenvalue weighted by Crippen LogP contribution is 2.20. The van der Waals surface area contributed by atoms with E-state index < -0.39 is 11.0 Å². The third kappa shape index (κ3) is 4.92. The molecule has 0 bridgehead atoms. The minimum Gasteiger partial charge on any atom is -0.481 e. The van der Waals surface area contributed by atoms with E-state index in [0.717, 1.165) is 0 Å². The summed E-state index contributed by atoms with van der Waals surface area (Å²) in [6.45, 7) is 2.37. The number of ether oxygens (including phenoxy) is 2. The maximum atomic E-state index is 11.6. The Balaban J connectivity index is 2.56. The van der Waals surface area contributed by atoms with Crippen molar-refractivity contribution in [2.45, 2.75) is 13.0 Å². The van der Waals surface area contributed by atoms with E-state index in [4.69, 9.17) is 9.47 Å². The number of hydrogen-bond acceptors (Lipinski definition) is 5. The van der Waals surface area contributed by atoms with Crippen LogP contribution in [0, 0.1) is 10.1 Å². The first-order valence-corrected chi connectivity index (χ1v) is 5.72. The van der Waals surface area contributed by atoms with Gasteiger partial charge in [-0.15, -0.1) is 0 Å². The number of methoxy groups -OCH3 is 1. The summed E-state index contributed by atoms with van der Waals surface area (Å²) in [5.41, 5.74) is -0.0792. The lowest BCUT2D eigenvalue weighted by Crippen LogP contribution is -2.37. The molecule has 0 fully saturated rings. The summed E-state index contributed by atoms with van der Waals surface area (Å²) in [5.74, 6) is -0.0212. The fourth-order valence-electron chi connectivity index (χ4n) is 1.35. The molecule has 1 rings (SSSR count). The van der Waals surface area contributed by atoms with Crippen LogP contribution in [0.1, 0.15) is 6.92 Å². The van der Waals surface area contributed by atoms with Crippen molar-refractivity contribution in [2.24, 2.45) is 0 Å². The molecule has 1 aromatic rings. The van der Waals surface area contributed by atoms with Gasteiger partial charge in [-0.3, -0.25) is 14.9 Å². The van der Waals surface area contributed by atoms with Gasteiger partial charge in [-0.05, 0) is 13.0 Å². The van der Waals surface area contributed by atoms with Crippen molar-refractivity contribution in [3.63, 3.8) is 0 Å². The van der Waals surface area contributed by atoms with Crippen LogP contribution >= 0.6 is 0 Å². The van der Waals surface area contributed by atoms with Gasteiger partial charge in [0.15, 0.2) is 6.10 Å². The first-order valence-electron chi connectivity index (χ1n) is 5.72. The van der Waals surface area contributed by atoms with Gasteiger partial charge in [0, 0.05) is 19.7 Å². The number of nitro benzene ring substituents is 1. The number of amides is 1. The summed E-state index contributed by atoms with van der Waals surface area (Å²) in [6.07, 6.45) is -0.737. The number of nitrogens with one attached hydrogen (secondary N) is 1. The van der Waals surface area contributed by atoms with Gasteiger partial charge >= 0.3 is 0 Å². The smallest absolute Gasteiger partial charge is 0.273 e. The molecule has 0 aliphatic rings. The highest BCUT2D eigenvalue weighted by atomic mass is 16.6. The van der Waals surface area contributed by atoms with Crippen LogP contribution in [0.15, 0.2) is 24.3 Å². The Morgan fingerprint density at radius 1 is 1.53 bits per heavy atom. The Labute approximate surface area is 110 Å². The van der Waals surface area contributed by atoms with E-state index in [9.17, 15) is 14.9 Å². The van der Waals surface area contributed by atoms with Gasteiger partial charge in [0.1, 0.15) is 5.75 Å². The number of carbonyl (C=O) groups is 1. The molecule has 1 atom stereocenters. The molecule has 0 spiro atoms. The van der Waals surface area contributed by atoms with Crippen LogP contribution < -0.4 is 10.1 Å². The van der Waals surface area contributed by atoms with Crippen molar-refractivity contribution in [3.05, 3.63) is 34.4 Å². The van der Waals surface area contributed by atoms with E-state index in [1.165, 1.54) is 25.3 Å². The van der Waals surface area contributed by atoms with Crippen molar-refractivity contribution >= 4 is 11.6 Å². The predicted molar refractivity (Wildman–Crippen MR) is 68.1 cm³/mol. The first-order chi connectivity index (χ1) is 9.04. The molecular weight excluding hydrogens is 252 g/mol. The second kappa shape index (κ2) is 7.32. The minimum atomic E-state index is -0.737. The zero-order valence-electron chi connectivity index (χ0n) is 10.8. The maximum absolute atomic E-state index is 11.6. The maximum Gasteiger partial charge on any atom is 0.273 e. The lowest BCUT2D eigenvalue weighted by Gasteiger charge is -2.14. The van der Waals surface area contributed by atoms with Crippen LogP contribution in [0.25, 0.3) is 0 Å². The second-order valence-corrected chi connectivity index (χ2v) is 3.80. The molecule has 0 aliphatic heterocycles. The largest absolute Gasteiger partial charge is 0.481 e. The minimum absolute atomic E-state index is 0.0792. The van der Waals surface area contributed by atoms with Gasteiger partial charge in [0.05, 0.1) is 17.6 Å². The number of rotatable bonds is 7. The van der Waals surface area contributed by atoms with Crippen molar-refractivity contribution in [1.29, 1.82) is 0 Å². The van der Waals surface area contributed by atoms with Crippen LogP contribution in [0.2, 0.25) is 0 Å². The summed E-state index contributed by atoms with van der Waals surface area (Å²) in [6, 6.07) is 5.70. The fraction of sp³-hybridized carbons (Fsp3) is 0.417. The normalized spacial score (nSPS) is 11.7. The SMILES string of the molecule is COCCNC(=O)[C@@H](C)Oc1cccc([N+](=O)[O-])c1. The van der Waals surface area contributed by atoms with Crippen LogP contribution in [-0.4, -0.2) is 37.2 Å². The molecule has 104 valence electrons. The Hall–Kier alpha value is -2.15. The molecule has 0 aliphatic carbocycles. The summed E-state index contributed by atoms with van der Waals surface area (Å²) in [7, 11) is 1.54. The predicted octanol–water partition coefficient (Wildman–Crippen LogP) is 1.12. The van der Waals surface area contributed by atoms with Gasteiger partial charge in [0.2, 0.25) is 0 Å². The molecule has 7 heteroatoms. The van der Waals surface area contributed by atoms with Crippen molar-refractivity contribution in [3.8, 4) is 5.75 Å². The molecule has 0 radical (unpaired) electrons. The van der Waals surface area contributed by atoms with Crippen molar-refractivity contribution in [1.82, 2.24) is 5.32 Å². The number of benzene rings is 1. The quantitative estimate of drug-likeness (QED) is 0.454. The average Bonchev–Trinajstić information content (AvgIpc) is 2.39. The van der Waals surface area contributed by atoms with Gasteiger partial charge in [0.25, 0.3) is 11.6 Å². The van der Waals surface area contributed by atoms with Crippen LogP contribution in [0.4, 0.5) is 5.69 Å². The molecule has 1 amide bonds. The fourth-order valence-corrected chi connectivity index (χ4v) is 1.35. The highest BCUT2D eigenvalue weighted by Gasteiger charge is 2.15. The average molecular weight is 268 g/mol. The molecule has 7 nitrogen and oxygen atoms in total. The highest BCUT2D eigenvalue weighted by molar-refractivity contribution is 5.80. The summed E-state index contributed by atoms with van der Waals surface area (Å²) < 4.78 is 10.1. The zero-order valence-corrected chi connectivity index (χ0v) is 10.8. The van der Waals surface area contributed by atoms with E-state index in [1.54, 1.807) is 13.0 Å². The lowest BCUT2D eigenvalue weighted by atomic mass is 10.3. The Bertz CT molecular complexity index is 450. The van der Waals surface area contributed by atoms with E-state index in [-0.39, 0.29) is 17.3 Å². The third-order valence-electron chi connectivity index (χ3n) is 2.32. The first kappa shape index (κ1) is 14.9. The summed E-state index contributed by atoms with van der Waals surface area (Å²) >= 11 is 0. The topological polar surface area (TPSA) is 90.7 Å². The van der Waals surface area contributed by atoms with E-state index in [1.807, 2.05) is 0 Å². The molecule has 1 aromatic carbocycles. The van der Waals surface area contributed by atoms with Crippen LogP contribution in [0.3, 0.4) is 0 Å². The molecule has 0 saturated heterocycles. The van der Waals surface area contributed by atoms with Crippen molar-refractivity contribution in [2.75, 3.05) is 20.3 Å².